The highest BCUT2D eigenvalue weighted by Gasteiger charge is 2.35. The first-order chi connectivity index (χ1) is 13.4. The fourth-order valence-corrected chi connectivity index (χ4v) is 4.26. The van der Waals surface area contributed by atoms with Crippen molar-refractivity contribution < 1.29 is 4.90 Å². The molecule has 0 unspecified atom stereocenters. The van der Waals surface area contributed by atoms with E-state index in [9.17, 15) is 0 Å². The van der Waals surface area contributed by atoms with Crippen LogP contribution in [0, 0.1) is 13.8 Å². The number of hydrogen-bond acceptors (Lipinski definition) is 4. The van der Waals surface area contributed by atoms with E-state index in [4.69, 9.17) is 0 Å². The van der Waals surface area contributed by atoms with E-state index >= 15 is 0 Å². The van der Waals surface area contributed by atoms with Crippen molar-refractivity contribution in [2.45, 2.75) is 72.4 Å². The highest BCUT2D eigenvalue weighted by Crippen LogP contribution is 2.25. The first kappa shape index (κ1) is 20.8. The fourth-order valence-electron chi connectivity index (χ4n) is 4.26. The summed E-state index contributed by atoms with van der Waals surface area (Å²) in [6, 6.07) is 7.01. The lowest BCUT2D eigenvalue weighted by Crippen LogP contribution is -3.15. The second-order valence-electron chi connectivity index (χ2n) is 8.82. The summed E-state index contributed by atoms with van der Waals surface area (Å²) in [6.07, 6.45) is 3.28. The third-order valence-electron chi connectivity index (χ3n) is 6.64. The number of rotatable bonds is 7. The fraction of sp³-hybridized carbons (Fsp3) is 0.682. The number of tetrazole rings is 1. The Bertz CT molecular complexity index is 773. The van der Waals surface area contributed by atoms with Crippen LogP contribution in [-0.2, 0) is 5.54 Å². The summed E-state index contributed by atoms with van der Waals surface area (Å²) in [5.41, 5.74) is 4.12. The third kappa shape index (κ3) is 4.07. The van der Waals surface area contributed by atoms with E-state index in [0.29, 0.717) is 6.04 Å². The number of nitrogens with one attached hydrogen (secondary N) is 1. The van der Waals surface area contributed by atoms with Gasteiger partial charge in [-0.3, -0.25) is 0 Å². The van der Waals surface area contributed by atoms with Crippen molar-refractivity contribution in [3.05, 3.63) is 35.2 Å². The largest absolute Gasteiger partial charge is 0.360 e. The van der Waals surface area contributed by atoms with Crippen LogP contribution in [0.15, 0.2) is 18.2 Å². The molecule has 0 amide bonds. The summed E-state index contributed by atoms with van der Waals surface area (Å²) in [4.78, 5) is 4.17. The SMILES string of the molecule is CCC[C@@H](c1nnnn1C(C)(C)CC)[NH+]1CCN(c2cccc(C)c2C)CC1. The number of anilines is 1. The Balaban J connectivity index is 1.78. The molecule has 1 aliphatic heterocycles. The number of hydrogen-bond donors (Lipinski definition) is 1. The van der Waals surface area contributed by atoms with E-state index in [2.05, 4.69) is 84.8 Å². The van der Waals surface area contributed by atoms with Crippen molar-refractivity contribution in [2.24, 2.45) is 0 Å². The lowest BCUT2D eigenvalue weighted by molar-refractivity contribution is -0.933. The van der Waals surface area contributed by atoms with Gasteiger partial charge < -0.3 is 9.80 Å². The minimum atomic E-state index is -0.0508. The molecule has 1 aromatic carbocycles. The Hall–Kier alpha value is -1.95. The Morgan fingerprint density at radius 2 is 1.86 bits per heavy atom. The van der Waals surface area contributed by atoms with Crippen molar-refractivity contribution in [2.75, 3.05) is 31.1 Å². The average molecular weight is 386 g/mol. The van der Waals surface area contributed by atoms with Gasteiger partial charge in [0.25, 0.3) is 0 Å². The van der Waals surface area contributed by atoms with E-state index in [1.807, 2.05) is 0 Å². The van der Waals surface area contributed by atoms with Gasteiger partial charge in [0.15, 0.2) is 0 Å². The van der Waals surface area contributed by atoms with Crippen molar-refractivity contribution >= 4 is 5.69 Å². The van der Waals surface area contributed by atoms with Crippen molar-refractivity contribution in [3.8, 4) is 0 Å². The van der Waals surface area contributed by atoms with Crippen LogP contribution < -0.4 is 9.80 Å². The molecule has 0 bridgehead atoms. The number of aryl methyl sites for hydroxylation is 1. The van der Waals surface area contributed by atoms with Gasteiger partial charge in [0.05, 0.1) is 31.7 Å². The molecule has 154 valence electrons. The molecule has 0 radical (unpaired) electrons. The zero-order valence-electron chi connectivity index (χ0n) is 18.5. The van der Waals surface area contributed by atoms with Crippen LogP contribution in [0.5, 0.6) is 0 Å². The maximum absolute atomic E-state index is 4.49. The Labute approximate surface area is 169 Å². The van der Waals surface area contributed by atoms with Crippen LogP contribution >= 0.6 is 0 Å². The van der Waals surface area contributed by atoms with E-state index in [1.165, 1.54) is 16.8 Å². The zero-order chi connectivity index (χ0) is 20.3. The summed E-state index contributed by atoms with van der Waals surface area (Å²) in [7, 11) is 0. The molecule has 1 N–H and O–H groups in total. The van der Waals surface area contributed by atoms with Crippen molar-refractivity contribution in [1.82, 2.24) is 20.2 Å². The minimum Gasteiger partial charge on any atom is -0.360 e. The van der Waals surface area contributed by atoms with Gasteiger partial charge in [0.2, 0.25) is 5.82 Å². The molecule has 1 aliphatic rings. The molecule has 0 spiro atoms. The van der Waals surface area contributed by atoms with Gasteiger partial charge in [0.1, 0.15) is 6.04 Å². The molecule has 1 atom stereocenters. The lowest BCUT2D eigenvalue weighted by atomic mass is 10.0. The number of nitrogens with zero attached hydrogens (tertiary/aromatic N) is 5. The molecular weight excluding hydrogens is 348 g/mol. The van der Waals surface area contributed by atoms with Crippen LogP contribution in [0.3, 0.4) is 0 Å². The molecule has 0 aliphatic carbocycles. The summed E-state index contributed by atoms with van der Waals surface area (Å²) in [6.45, 7) is 17.8. The zero-order valence-corrected chi connectivity index (χ0v) is 18.5. The number of benzene rings is 1. The second kappa shape index (κ2) is 8.60. The Morgan fingerprint density at radius 3 is 2.50 bits per heavy atom. The van der Waals surface area contributed by atoms with Gasteiger partial charge in [-0.25, -0.2) is 4.68 Å². The predicted octanol–water partition coefficient (Wildman–Crippen LogP) is 2.68. The number of piperazine rings is 1. The molecule has 6 heteroatoms. The van der Waals surface area contributed by atoms with E-state index in [-0.39, 0.29) is 5.54 Å². The molecule has 6 nitrogen and oxygen atoms in total. The van der Waals surface area contributed by atoms with Crippen LogP contribution in [0.2, 0.25) is 0 Å². The summed E-state index contributed by atoms with van der Waals surface area (Å²) >= 11 is 0. The van der Waals surface area contributed by atoms with Gasteiger partial charge in [-0.1, -0.05) is 32.4 Å². The van der Waals surface area contributed by atoms with Crippen LogP contribution in [0.1, 0.15) is 70.0 Å². The highest BCUT2D eigenvalue weighted by atomic mass is 15.6. The van der Waals surface area contributed by atoms with Crippen molar-refractivity contribution in [1.29, 1.82) is 0 Å². The van der Waals surface area contributed by atoms with Gasteiger partial charge in [0, 0.05) is 12.1 Å². The number of aromatic nitrogens is 4. The molecule has 0 saturated carbocycles. The molecule has 1 fully saturated rings. The molecular formula is C22H37N6+. The molecule has 28 heavy (non-hydrogen) atoms. The monoisotopic (exact) mass is 385 g/mol. The maximum atomic E-state index is 4.49. The average Bonchev–Trinajstić information content (AvgIpc) is 3.19. The number of quaternary nitrogens is 1. The quantitative estimate of drug-likeness (QED) is 0.796. The van der Waals surface area contributed by atoms with Crippen LogP contribution in [-0.4, -0.2) is 46.4 Å². The second-order valence-corrected chi connectivity index (χ2v) is 8.82. The van der Waals surface area contributed by atoms with Crippen LogP contribution in [0.25, 0.3) is 0 Å². The molecule has 2 heterocycles. The molecule has 1 saturated heterocycles. The predicted molar refractivity (Wildman–Crippen MR) is 114 cm³/mol. The van der Waals surface area contributed by atoms with Gasteiger partial charge in [-0.15, -0.1) is 5.10 Å². The standard InChI is InChI=1S/C22H36N6/c1-7-10-20(21-23-24-25-28(21)22(5,6)8-2)27-15-13-26(14-16-27)19-12-9-11-17(3)18(19)4/h9,11-12,20H,7-8,10,13-16H2,1-6H3/p+1/t20-/m0/s1. The molecule has 3 rings (SSSR count). The van der Waals surface area contributed by atoms with E-state index in [0.717, 1.165) is 51.3 Å². The Kier molecular flexibility index (Phi) is 6.38. The minimum absolute atomic E-state index is 0.0508. The van der Waals surface area contributed by atoms with Crippen LogP contribution in [0.4, 0.5) is 5.69 Å². The lowest BCUT2D eigenvalue weighted by Gasteiger charge is -2.38. The third-order valence-corrected chi connectivity index (χ3v) is 6.64. The molecule has 1 aromatic heterocycles. The first-order valence-electron chi connectivity index (χ1n) is 10.8. The Morgan fingerprint density at radius 1 is 1.14 bits per heavy atom. The summed E-state index contributed by atoms with van der Waals surface area (Å²) < 4.78 is 2.08. The maximum Gasteiger partial charge on any atom is 0.209 e. The summed E-state index contributed by atoms with van der Waals surface area (Å²) in [5, 5.41) is 12.9. The highest BCUT2D eigenvalue weighted by molar-refractivity contribution is 5.56. The first-order valence-corrected chi connectivity index (χ1v) is 10.8. The van der Waals surface area contributed by atoms with Gasteiger partial charge in [-0.05, 0) is 61.7 Å². The van der Waals surface area contributed by atoms with Crippen molar-refractivity contribution in [3.63, 3.8) is 0 Å². The van der Waals surface area contributed by atoms with Gasteiger partial charge in [-0.2, -0.15) is 0 Å². The summed E-state index contributed by atoms with van der Waals surface area (Å²) in [5.74, 6) is 1.06. The smallest absolute Gasteiger partial charge is 0.209 e. The topological polar surface area (TPSA) is 51.3 Å². The van der Waals surface area contributed by atoms with Gasteiger partial charge >= 0.3 is 0 Å². The normalized spacial score (nSPS) is 17.1. The van der Waals surface area contributed by atoms with E-state index in [1.54, 1.807) is 4.90 Å². The molecule has 2 aromatic rings. The van der Waals surface area contributed by atoms with E-state index < -0.39 is 0 Å².